The molecular weight excluding hydrogens is 360 g/mol. The van der Waals surface area contributed by atoms with E-state index in [1.54, 1.807) is 18.2 Å². The zero-order valence-corrected chi connectivity index (χ0v) is 16.4. The normalized spacial score (nSPS) is 16.8. The van der Waals surface area contributed by atoms with Crippen LogP contribution in [0, 0.1) is 11.6 Å². The van der Waals surface area contributed by atoms with Gasteiger partial charge in [-0.3, -0.25) is 9.80 Å². The van der Waals surface area contributed by atoms with Crippen molar-refractivity contribution in [1.29, 1.82) is 0 Å². The van der Waals surface area contributed by atoms with E-state index in [2.05, 4.69) is 10.4 Å². The van der Waals surface area contributed by atoms with E-state index in [1.165, 1.54) is 24.3 Å². The first kappa shape index (κ1) is 20.0. The van der Waals surface area contributed by atoms with Crippen LogP contribution in [0.2, 0.25) is 0 Å². The summed E-state index contributed by atoms with van der Waals surface area (Å²) >= 11 is 0. The van der Waals surface area contributed by atoms with E-state index in [1.807, 2.05) is 31.8 Å². The maximum Gasteiger partial charge on any atom is 0.268 e. The third-order valence-corrected chi connectivity index (χ3v) is 4.94. The van der Waals surface area contributed by atoms with Crippen LogP contribution in [0.4, 0.5) is 8.78 Å². The number of amides is 1. The van der Waals surface area contributed by atoms with Gasteiger partial charge in [0.2, 0.25) is 0 Å². The third-order valence-electron chi connectivity index (χ3n) is 4.94. The largest absolute Gasteiger partial charge is 0.342 e. The molecule has 0 radical (unpaired) electrons. The first-order valence-electron chi connectivity index (χ1n) is 9.48. The fourth-order valence-electron chi connectivity index (χ4n) is 3.43. The van der Waals surface area contributed by atoms with Crippen molar-refractivity contribution in [2.45, 2.75) is 45.2 Å². The van der Waals surface area contributed by atoms with Crippen LogP contribution in [0.15, 0.2) is 53.6 Å². The summed E-state index contributed by atoms with van der Waals surface area (Å²) in [5, 5.41) is 9.36. The monoisotopic (exact) mass is 385 g/mol. The van der Waals surface area contributed by atoms with Crippen molar-refractivity contribution >= 4 is 11.6 Å². The van der Waals surface area contributed by atoms with Crippen LogP contribution in [-0.2, 0) is 10.3 Å². The lowest BCUT2D eigenvalue weighted by atomic mass is 9.93. The van der Waals surface area contributed by atoms with Gasteiger partial charge in [-0.25, -0.2) is 8.78 Å². The highest BCUT2D eigenvalue weighted by atomic mass is 19.1. The lowest BCUT2D eigenvalue weighted by molar-refractivity contribution is -0.116. The van der Waals surface area contributed by atoms with E-state index in [-0.39, 0.29) is 23.6 Å². The topological polar surface area (TPSA) is 44.7 Å². The minimum absolute atomic E-state index is 0.162. The predicted octanol–water partition coefficient (Wildman–Crippen LogP) is 4.53. The molecule has 148 valence electrons. The van der Waals surface area contributed by atoms with Gasteiger partial charge in [0.1, 0.15) is 17.3 Å². The maximum atomic E-state index is 13.7. The number of benzene rings is 2. The lowest BCUT2D eigenvalue weighted by Gasteiger charge is -2.26. The number of hydrogen-bond acceptors (Lipinski definition) is 3. The molecule has 1 atom stereocenters. The van der Waals surface area contributed by atoms with Gasteiger partial charge < -0.3 is 5.32 Å². The SMILES string of the molecule is CCCN1N=C(C(=O)NC(C)(C)c2ccc(F)cc2)CC1c1cccc(F)c1. The molecule has 2 aromatic rings. The summed E-state index contributed by atoms with van der Waals surface area (Å²) in [7, 11) is 0. The number of carbonyl (C=O) groups is 1. The molecule has 1 heterocycles. The number of rotatable bonds is 6. The van der Waals surface area contributed by atoms with Crippen molar-refractivity contribution < 1.29 is 13.6 Å². The van der Waals surface area contributed by atoms with Gasteiger partial charge >= 0.3 is 0 Å². The number of carbonyl (C=O) groups excluding carboxylic acids is 1. The van der Waals surface area contributed by atoms with E-state index in [4.69, 9.17) is 0 Å². The van der Waals surface area contributed by atoms with Crippen LogP contribution >= 0.6 is 0 Å². The summed E-state index contributed by atoms with van der Waals surface area (Å²) < 4.78 is 26.9. The van der Waals surface area contributed by atoms with Gasteiger partial charge in [0, 0.05) is 13.0 Å². The number of hydrazone groups is 1. The first-order valence-corrected chi connectivity index (χ1v) is 9.48. The Morgan fingerprint density at radius 1 is 1.18 bits per heavy atom. The van der Waals surface area contributed by atoms with Crippen LogP contribution in [0.1, 0.15) is 50.8 Å². The zero-order chi connectivity index (χ0) is 20.3. The van der Waals surface area contributed by atoms with Crippen LogP contribution in [0.25, 0.3) is 0 Å². The minimum Gasteiger partial charge on any atom is -0.342 e. The van der Waals surface area contributed by atoms with Gasteiger partial charge in [0.05, 0.1) is 11.6 Å². The first-order chi connectivity index (χ1) is 13.3. The van der Waals surface area contributed by atoms with Gasteiger partial charge in [0.15, 0.2) is 0 Å². The van der Waals surface area contributed by atoms with Gasteiger partial charge in [-0.15, -0.1) is 0 Å². The molecule has 0 aliphatic carbocycles. The molecule has 1 unspecified atom stereocenters. The molecule has 1 N–H and O–H groups in total. The standard InChI is InChI=1S/C22H25F2N3O/c1-4-12-27-20(15-6-5-7-18(24)13-15)14-19(26-27)21(28)25-22(2,3)16-8-10-17(23)11-9-16/h5-11,13,20H,4,12,14H2,1-3H3,(H,25,28). The molecule has 0 saturated carbocycles. The zero-order valence-electron chi connectivity index (χ0n) is 16.4. The highest BCUT2D eigenvalue weighted by molar-refractivity contribution is 6.39. The van der Waals surface area contributed by atoms with Crippen LogP contribution < -0.4 is 5.32 Å². The molecule has 1 aliphatic rings. The molecule has 1 aliphatic heterocycles. The molecule has 1 amide bonds. The molecule has 4 nitrogen and oxygen atoms in total. The van der Waals surface area contributed by atoms with Crippen molar-refractivity contribution in [3.05, 3.63) is 71.3 Å². The van der Waals surface area contributed by atoms with E-state index < -0.39 is 5.54 Å². The average molecular weight is 385 g/mol. The molecule has 0 fully saturated rings. The Morgan fingerprint density at radius 3 is 2.54 bits per heavy atom. The molecule has 3 rings (SSSR count). The molecule has 0 bridgehead atoms. The average Bonchev–Trinajstić information content (AvgIpc) is 3.06. The second-order valence-corrected chi connectivity index (χ2v) is 7.57. The minimum atomic E-state index is -0.681. The summed E-state index contributed by atoms with van der Waals surface area (Å²) in [6.45, 7) is 6.44. The summed E-state index contributed by atoms with van der Waals surface area (Å²) in [5.41, 5.74) is 1.34. The predicted molar refractivity (Wildman–Crippen MR) is 106 cm³/mol. The Hall–Kier alpha value is -2.76. The van der Waals surface area contributed by atoms with E-state index in [0.29, 0.717) is 18.7 Å². The second kappa shape index (κ2) is 8.09. The summed E-state index contributed by atoms with van der Waals surface area (Å²) in [4.78, 5) is 12.9. The van der Waals surface area contributed by atoms with E-state index in [9.17, 15) is 13.6 Å². The lowest BCUT2D eigenvalue weighted by Crippen LogP contribution is -2.44. The number of hydrogen-bond donors (Lipinski definition) is 1. The van der Waals surface area contributed by atoms with Crippen molar-refractivity contribution in [2.75, 3.05) is 6.54 Å². The van der Waals surface area contributed by atoms with Crippen LogP contribution in [-0.4, -0.2) is 23.2 Å². The Kier molecular flexibility index (Phi) is 5.77. The van der Waals surface area contributed by atoms with Crippen molar-refractivity contribution in [1.82, 2.24) is 10.3 Å². The molecular formula is C22H25F2N3O. The van der Waals surface area contributed by atoms with Gasteiger partial charge in [0.25, 0.3) is 5.91 Å². The van der Waals surface area contributed by atoms with E-state index >= 15 is 0 Å². The molecule has 0 aromatic heterocycles. The molecule has 28 heavy (non-hydrogen) atoms. The fraction of sp³-hybridized carbons (Fsp3) is 0.364. The quantitative estimate of drug-likeness (QED) is 0.794. The van der Waals surface area contributed by atoms with Gasteiger partial charge in [-0.1, -0.05) is 31.2 Å². The summed E-state index contributed by atoms with van der Waals surface area (Å²) in [5.74, 6) is -0.891. The summed E-state index contributed by atoms with van der Waals surface area (Å²) in [6, 6.07) is 12.3. The van der Waals surface area contributed by atoms with Crippen LogP contribution in [0.5, 0.6) is 0 Å². The molecule has 0 spiro atoms. The summed E-state index contributed by atoms with van der Waals surface area (Å²) in [6.07, 6.45) is 1.28. The van der Waals surface area contributed by atoms with Crippen molar-refractivity contribution in [2.24, 2.45) is 5.10 Å². The van der Waals surface area contributed by atoms with Crippen LogP contribution in [0.3, 0.4) is 0 Å². The number of halogens is 2. The van der Waals surface area contributed by atoms with Crippen molar-refractivity contribution in [3.8, 4) is 0 Å². The van der Waals surface area contributed by atoms with Gasteiger partial charge in [-0.05, 0) is 55.7 Å². The Labute approximate surface area is 164 Å². The number of nitrogens with one attached hydrogen (secondary N) is 1. The smallest absolute Gasteiger partial charge is 0.268 e. The third kappa shape index (κ3) is 4.38. The molecule has 6 heteroatoms. The molecule has 2 aromatic carbocycles. The highest BCUT2D eigenvalue weighted by Crippen LogP contribution is 2.31. The van der Waals surface area contributed by atoms with Crippen molar-refractivity contribution in [3.63, 3.8) is 0 Å². The fourth-order valence-corrected chi connectivity index (χ4v) is 3.43. The Morgan fingerprint density at radius 2 is 1.89 bits per heavy atom. The maximum absolute atomic E-state index is 13.7. The Balaban J connectivity index is 1.77. The molecule has 0 saturated heterocycles. The second-order valence-electron chi connectivity index (χ2n) is 7.57. The highest BCUT2D eigenvalue weighted by Gasteiger charge is 2.33. The van der Waals surface area contributed by atoms with Gasteiger partial charge in [-0.2, -0.15) is 5.10 Å². The Bertz CT molecular complexity index is 878. The number of nitrogens with zero attached hydrogens (tertiary/aromatic N) is 2. The van der Waals surface area contributed by atoms with E-state index in [0.717, 1.165) is 17.5 Å².